The fraction of sp³-hybridized carbons (Fsp3) is 0.438. The van der Waals surface area contributed by atoms with E-state index in [2.05, 4.69) is 33.2 Å². The van der Waals surface area contributed by atoms with E-state index in [9.17, 15) is 0 Å². The van der Waals surface area contributed by atoms with E-state index >= 15 is 0 Å². The van der Waals surface area contributed by atoms with Gasteiger partial charge in [0.2, 0.25) is 5.89 Å². The Labute approximate surface area is 133 Å². The molecule has 0 amide bonds. The third kappa shape index (κ3) is 2.53. The highest BCUT2D eigenvalue weighted by molar-refractivity contribution is 7.18. The smallest absolute Gasteiger partial charge is 0.226 e. The maximum Gasteiger partial charge on any atom is 0.226 e. The standard InChI is InChI=1S/C16H18N4OS/c1-2-14-18-16(19-21-14)12-7-5-9-20(12)10-15-17-11-6-3-4-8-13(11)22-15/h3-4,6,8,12H,2,5,7,9-10H2,1H3/t12-/m0/s1. The predicted molar refractivity (Wildman–Crippen MR) is 85.7 cm³/mol. The van der Waals surface area contributed by atoms with E-state index in [1.807, 2.05) is 13.0 Å². The minimum Gasteiger partial charge on any atom is -0.339 e. The molecule has 114 valence electrons. The Hall–Kier alpha value is -1.79. The number of rotatable bonds is 4. The molecule has 1 aliphatic rings. The van der Waals surface area contributed by atoms with E-state index in [0.717, 1.165) is 48.2 Å². The summed E-state index contributed by atoms with van der Waals surface area (Å²) in [4.78, 5) is 11.7. The average molecular weight is 314 g/mol. The second-order valence-corrected chi connectivity index (χ2v) is 6.72. The summed E-state index contributed by atoms with van der Waals surface area (Å²) in [6.07, 6.45) is 3.05. The number of hydrogen-bond acceptors (Lipinski definition) is 6. The normalized spacial score (nSPS) is 19.2. The highest BCUT2D eigenvalue weighted by Crippen LogP contribution is 2.33. The number of likely N-dealkylation sites (tertiary alicyclic amines) is 1. The summed E-state index contributed by atoms with van der Waals surface area (Å²) in [6, 6.07) is 8.56. The van der Waals surface area contributed by atoms with Gasteiger partial charge in [0.15, 0.2) is 5.82 Å². The van der Waals surface area contributed by atoms with E-state index in [-0.39, 0.29) is 6.04 Å². The molecular formula is C16H18N4OS. The lowest BCUT2D eigenvalue weighted by atomic mass is 10.2. The molecule has 1 aromatic carbocycles. The number of benzene rings is 1. The molecule has 0 spiro atoms. The molecule has 4 rings (SSSR count). The zero-order valence-electron chi connectivity index (χ0n) is 12.5. The van der Waals surface area contributed by atoms with Gasteiger partial charge in [-0.05, 0) is 31.5 Å². The number of thiazole rings is 1. The molecule has 0 aliphatic carbocycles. The SMILES string of the molecule is CCc1nc([C@@H]2CCCN2Cc2nc3ccccc3s2)no1. The second-order valence-electron chi connectivity index (χ2n) is 5.60. The van der Waals surface area contributed by atoms with Crippen molar-refractivity contribution >= 4 is 21.6 Å². The number of hydrogen-bond donors (Lipinski definition) is 0. The number of aromatic nitrogens is 3. The molecule has 1 fully saturated rings. The van der Waals surface area contributed by atoms with Crippen molar-refractivity contribution in [2.45, 2.75) is 38.8 Å². The van der Waals surface area contributed by atoms with E-state index in [4.69, 9.17) is 9.51 Å². The van der Waals surface area contributed by atoms with Crippen molar-refractivity contribution in [2.24, 2.45) is 0 Å². The molecule has 3 aromatic rings. The monoisotopic (exact) mass is 314 g/mol. The molecule has 0 bridgehead atoms. The summed E-state index contributed by atoms with van der Waals surface area (Å²) in [7, 11) is 0. The lowest BCUT2D eigenvalue weighted by Gasteiger charge is -2.20. The average Bonchev–Trinajstić information content (AvgIpc) is 3.25. The Bertz CT molecular complexity index is 748. The lowest BCUT2D eigenvalue weighted by Crippen LogP contribution is -2.23. The molecule has 5 nitrogen and oxygen atoms in total. The summed E-state index contributed by atoms with van der Waals surface area (Å²) >= 11 is 1.77. The van der Waals surface area contributed by atoms with Crippen LogP contribution in [0.3, 0.4) is 0 Å². The van der Waals surface area contributed by atoms with Gasteiger partial charge in [0.1, 0.15) is 5.01 Å². The summed E-state index contributed by atoms with van der Waals surface area (Å²) in [6.45, 7) is 3.96. The van der Waals surface area contributed by atoms with Gasteiger partial charge in [-0.2, -0.15) is 4.98 Å². The van der Waals surface area contributed by atoms with Crippen LogP contribution in [0.1, 0.15) is 42.5 Å². The molecule has 0 saturated carbocycles. The Kier molecular flexibility index (Phi) is 3.63. The quantitative estimate of drug-likeness (QED) is 0.737. The second kappa shape index (κ2) is 5.78. The molecule has 0 N–H and O–H groups in total. The first kappa shape index (κ1) is 13.8. The van der Waals surface area contributed by atoms with E-state index < -0.39 is 0 Å². The fourth-order valence-corrected chi connectivity index (χ4v) is 4.01. The molecule has 1 atom stereocenters. The topological polar surface area (TPSA) is 55.1 Å². The fourth-order valence-electron chi connectivity index (χ4n) is 3.02. The van der Waals surface area contributed by atoms with Crippen LogP contribution in [0.15, 0.2) is 28.8 Å². The first-order chi connectivity index (χ1) is 10.8. The van der Waals surface area contributed by atoms with Crippen molar-refractivity contribution in [3.63, 3.8) is 0 Å². The van der Waals surface area contributed by atoms with Gasteiger partial charge in [-0.25, -0.2) is 4.98 Å². The van der Waals surface area contributed by atoms with Gasteiger partial charge in [0.05, 0.1) is 22.8 Å². The van der Waals surface area contributed by atoms with Crippen LogP contribution in [0.25, 0.3) is 10.2 Å². The molecular weight excluding hydrogens is 296 g/mol. The van der Waals surface area contributed by atoms with Crippen LogP contribution >= 0.6 is 11.3 Å². The van der Waals surface area contributed by atoms with Crippen LogP contribution in [0, 0.1) is 0 Å². The van der Waals surface area contributed by atoms with Crippen molar-refractivity contribution in [3.05, 3.63) is 41.0 Å². The Morgan fingerprint density at radius 3 is 3.05 bits per heavy atom. The van der Waals surface area contributed by atoms with Crippen LogP contribution in [0.2, 0.25) is 0 Å². The summed E-state index contributed by atoms with van der Waals surface area (Å²) < 4.78 is 6.52. The van der Waals surface area contributed by atoms with Crippen LogP contribution in [-0.4, -0.2) is 26.6 Å². The predicted octanol–water partition coefficient (Wildman–Crippen LogP) is 3.58. The zero-order chi connectivity index (χ0) is 14.9. The number of nitrogens with zero attached hydrogens (tertiary/aromatic N) is 4. The van der Waals surface area contributed by atoms with Crippen molar-refractivity contribution in [3.8, 4) is 0 Å². The molecule has 6 heteroatoms. The first-order valence-corrected chi connectivity index (χ1v) is 8.56. The third-order valence-electron chi connectivity index (χ3n) is 4.12. The minimum atomic E-state index is 0.260. The molecule has 3 heterocycles. The van der Waals surface area contributed by atoms with E-state index in [0.29, 0.717) is 0 Å². The number of para-hydroxylation sites is 1. The maximum atomic E-state index is 5.27. The van der Waals surface area contributed by atoms with Gasteiger partial charge in [-0.3, -0.25) is 4.90 Å². The summed E-state index contributed by atoms with van der Waals surface area (Å²) in [5.74, 6) is 1.55. The zero-order valence-corrected chi connectivity index (χ0v) is 13.3. The molecule has 1 aliphatic heterocycles. The van der Waals surface area contributed by atoms with Crippen LogP contribution < -0.4 is 0 Å². The highest BCUT2D eigenvalue weighted by atomic mass is 32.1. The summed E-state index contributed by atoms with van der Waals surface area (Å²) in [5.41, 5.74) is 1.09. The highest BCUT2D eigenvalue weighted by Gasteiger charge is 2.30. The van der Waals surface area contributed by atoms with Crippen molar-refractivity contribution in [1.29, 1.82) is 0 Å². The van der Waals surface area contributed by atoms with Crippen LogP contribution in [-0.2, 0) is 13.0 Å². The molecule has 1 saturated heterocycles. The van der Waals surface area contributed by atoms with Crippen molar-refractivity contribution in [1.82, 2.24) is 20.0 Å². The number of aryl methyl sites for hydroxylation is 1. The minimum absolute atomic E-state index is 0.260. The van der Waals surface area contributed by atoms with Crippen LogP contribution in [0.5, 0.6) is 0 Å². The van der Waals surface area contributed by atoms with Gasteiger partial charge < -0.3 is 4.52 Å². The lowest BCUT2D eigenvalue weighted by molar-refractivity contribution is 0.234. The molecule has 22 heavy (non-hydrogen) atoms. The molecule has 2 aromatic heterocycles. The molecule has 0 unspecified atom stereocenters. The van der Waals surface area contributed by atoms with Gasteiger partial charge >= 0.3 is 0 Å². The third-order valence-corrected chi connectivity index (χ3v) is 5.15. The summed E-state index contributed by atoms with van der Waals surface area (Å²) in [5, 5.41) is 5.32. The number of fused-ring (bicyclic) bond motifs is 1. The Morgan fingerprint density at radius 1 is 1.32 bits per heavy atom. The maximum absolute atomic E-state index is 5.27. The van der Waals surface area contributed by atoms with Crippen molar-refractivity contribution < 1.29 is 4.52 Å². The first-order valence-electron chi connectivity index (χ1n) is 7.74. The van der Waals surface area contributed by atoms with Gasteiger partial charge in [0, 0.05) is 6.42 Å². The van der Waals surface area contributed by atoms with Crippen LogP contribution in [0.4, 0.5) is 0 Å². The van der Waals surface area contributed by atoms with Crippen molar-refractivity contribution in [2.75, 3.05) is 6.54 Å². The Balaban J connectivity index is 1.55. The Morgan fingerprint density at radius 2 is 2.23 bits per heavy atom. The van der Waals surface area contributed by atoms with E-state index in [1.54, 1.807) is 11.3 Å². The van der Waals surface area contributed by atoms with Gasteiger partial charge in [-0.15, -0.1) is 11.3 Å². The van der Waals surface area contributed by atoms with E-state index in [1.165, 1.54) is 11.1 Å². The van der Waals surface area contributed by atoms with Gasteiger partial charge in [-0.1, -0.05) is 24.2 Å². The van der Waals surface area contributed by atoms with Gasteiger partial charge in [0.25, 0.3) is 0 Å². The largest absolute Gasteiger partial charge is 0.339 e. The molecule has 0 radical (unpaired) electrons.